The van der Waals surface area contributed by atoms with Gasteiger partial charge in [0.15, 0.2) is 0 Å². The molecule has 1 unspecified atom stereocenters. The Hall–Kier alpha value is -0.0800. The van der Waals surface area contributed by atoms with Gasteiger partial charge in [0.25, 0.3) is 0 Å². The van der Waals surface area contributed by atoms with Crippen LogP contribution in [0.4, 0.5) is 0 Å². The lowest BCUT2D eigenvalue weighted by Crippen LogP contribution is -2.19. The van der Waals surface area contributed by atoms with Crippen LogP contribution in [0.15, 0.2) is 0 Å². The quantitative estimate of drug-likeness (QED) is 0.566. The second kappa shape index (κ2) is 10.4. The average molecular weight is 215 g/mol. The molecule has 1 N–H and O–H groups in total. The molecule has 0 aromatic carbocycles. The lowest BCUT2D eigenvalue weighted by atomic mass is 10.1. The summed E-state index contributed by atoms with van der Waals surface area (Å²) in [6.07, 6.45) is 9.69. The van der Waals surface area contributed by atoms with Crippen molar-refractivity contribution in [3.05, 3.63) is 0 Å². The van der Waals surface area contributed by atoms with Crippen LogP contribution < -0.4 is 0 Å². The van der Waals surface area contributed by atoms with E-state index in [1.165, 1.54) is 38.5 Å². The molecule has 0 aliphatic rings. The number of aliphatic hydroxyl groups excluding tert-OH is 1. The van der Waals surface area contributed by atoms with Gasteiger partial charge in [-0.15, -0.1) is 0 Å². The molecule has 0 aliphatic heterocycles. The van der Waals surface area contributed by atoms with Crippen LogP contribution in [-0.2, 0) is 0 Å². The van der Waals surface area contributed by atoms with Gasteiger partial charge in [0.05, 0.1) is 6.10 Å². The van der Waals surface area contributed by atoms with E-state index >= 15 is 0 Å². The van der Waals surface area contributed by atoms with Crippen molar-refractivity contribution < 1.29 is 5.11 Å². The average Bonchev–Trinajstić information content (AvgIpc) is 2.20. The fourth-order valence-electron chi connectivity index (χ4n) is 1.71. The Morgan fingerprint density at radius 1 is 0.933 bits per heavy atom. The molecule has 0 fully saturated rings. The van der Waals surface area contributed by atoms with Crippen LogP contribution in [0.2, 0.25) is 0 Å². The van der Waals surface area contributed by atoms with E-state index in [0.29, 0.717) is 0 Å². The minimum absolute atomic E-state index is 0.0847. The summed E-state index contributed by atoms with van der Waals surface area (Å²) in [4.78, 5) is 2.13. The Balaban J connectivity index is 3.13. The van der Waals surface area contributed by atoms with E-state index in [9.17, 15) is 5.11 Å². The number of aliphatic hydroxyl groups is 1. The first-order chi connectivity index (χ1) is 7.16. The van der Waals surface area contributed by atoms with Crippen molar-refractivity contribution >= 4 is 0 Å². The maximum absolute atomic E-state index is 9.67. The molecule has 15 heavy (non-hydrogen) atoms. The predicted octanol–water partition coefficient (Wildman–Crippen LogP) is 3.05. The highest BCUT2D eigenvalue weighted by Gasteiger charge is 2.03. The summed E-state index contributed by atoms with van der Waals surface area (Å²) in [6.45, 7) is 3.24. The zero-order valence-corrected chi connectivity index (χ0v) is 10.8. The van der Waals surface area contributed by atoms with Gasteiger partial charge in [0.1, 0.15) is 0 Å². The van der Waals surface area contributed by atoms with Crippen LogP contribution >= 0.6 is 0 Å². The number of hydrogen-bond acceptors (Lipinski definition) is 2. The second-order valence-corrected chi connectivity index (χ2v) is 4.80. The molecular weight excluding hydrogens is 186 g/mol. The molecule has 2 heteroatoms. The Morgan fingerprint density at radius 3 is 2.13 bits per heavy atom. The van der Waals surface area contributed by atoms with Gasteiger partial charge < -0.3 is 10.0 Å². The fraction of sp³-hybridized carbons (Fsp3) is 1.00. The summed E-state index contributed by atoms with van der Waals surface area (Å²) in [5, 5.41) is 9.67. The van der Waals surface area contributed by atoms with Crippen LogP contribution in [0.1, 0.15) is 58.3 Å². The Labute approximate surface area is 95.7 Å². The maximum atomic E-state index is 9.67. The summed E-state index contributed by atoms with van der Waals surface area (Å²) in [5.41, 5.74) is 0. The molecule has 0 saturated heterocycles. The van der Waals surface area contributed by atoms with E-state index in [0.717, 1.165) is 19.4 Å². The third-order valence-corrected chi connectivity index (χ3v) is 2.80. The second-order valence-electron chi connectivity index (χ2n) is 4.80. The first kappa shape index (κ1) is 14.9. The molecule has 92 valence electrons. The largest absolute Gasteiger partial charge is 0.393 e. The molecule has 2 nitrogen and oxygen atoms in total. The lowest BCUT2D eigenvalue weighted by Gasteiger charge is -2.14. The van der Waals surface area contributed by atoms with Crippen molar-refractivity contribution in [1.29, 1.82) is 0 Å². The van der Waals surface area contributed by atoms with Gasteiger partial charge in [0, 0.05) is 0 Å². The summed E-state index contributed by atoms with van der Waals surface area (Å²) in [6, 6.07) is 0. The van der Waals surface area contributed by atoms with Crippen molar-refractivity contribution in [2.75, 3.05) is 20.6 Å². The highest BCUT2D eigenvalue weighted by Crippen LogP contribution is 2.10. The molecule has 0 radical (unpaired) electrons. The van der Waals surface area contributed by atoms with E-state index in [-0.39, 0.29) is 6.10 Å². The first-order valence-electron chi connectivity index (χ1n) is 6.49. The molecule has 0 heterocycles. The van der Waals surface area contributed by atoms with Crippen molar-refractivity contribution in [3.63, 3.8) is 0 Å². The van der Waals surface area contributed by atoms with Crippen LogP contribution in [0, 0.1) is 0 Å². The molecule has 0 spiro atoms. The van der Waals surface area contributed by atoms with Crippen molar-refractivity contribution in [3.8, 4) is 0 Å². The first-order valence-corrected chi connectivity index (χ1v) is 6.49. The molecule has 0 aromatic rings. The predicted molar refractivity (Wildman–Crippen MR) is 67.2 cm³/mol. The van der Waals surface area contributed by atoms with Gasteiger partial charge in [-0.2, -0.15) is 0 Å². The summed E-state index contributed by atoms with van der Waals surface area (Å²) >= 11 is 0. The molecule has 1 atom stereocenters. The molecule has 0 rings (SSSR count). The zero-order valence-electron chi connectivity index (χ0n) is 10.8. The maximum Gasteiger partial charge on any atom is 0.0552 e. The van der Waals surface area contributed by atoms with Crippen LogP contribution in [0.25, 0.3) is 0 Å². The molecule has 0 aliphatic carbocycles. The van der Waals surface area contributed by atoms with E-state index in [1.54, 1.807) is 0 Å². The highest BCUT2D eigenvalue weighted by molar-refractivity contribution is 4.58. The number of rotatable bonds is 10. The summed E-state index contributed by atoms with van der Waals surface area (Å²) < 4.78 is 0. The zero-order chi connectivity index (χ0) is 11.5. The van der Waals surface area contributed by atoms with Gasteiger partial charge in [-0.3, -0.25) is 0 Å². The molecule has 0 saturated carbocycles. The SMILES string of the molecule is CCCCCCCCC(O)CCN(C)C. The van der Waals surface area contributed by atoms with E-state index in [4.69, 9.17) is 0 Å². The van der Waals surface area contributed by atoms with Crippen molar-refractivity contribution in [2.24, 2.45) is 0 Å². The monoisotopic (exact) mass is 215 g/mol. The van der Waals surface area contributed by atoms with Gasteiger partial charge in [0.2, 0.25) is 0 Å². The van der Waals surface area contributed by atoms with Gasteiger partial charge in [-0.05, 0) is 33.5 Å². The molecule has 0 bridgehead atoms. The Kier molecular flexibility index (Phi) is 10.4. The third-order valence-electron chi connectivity index (χ3n) is 2.80. The number of nitrogens with zero attached hydrogens (tertiary/aromatic N) is 1. The van der Waals surface area contributed by atoms with Crippen molar-refractivity contribution in [2.45, 2.75) is 64.4 Å². The molecular formula is C13H29NO. The topological polar surface area (TPSA) is 23.5 Å². The summed E-state index contributed by atoms with van der Waals surface area (Å²) in [5.74, 6) is 0. The number of unbranched alkanes of at least 4 members (excludes halogenated alkanes) is 5. The highest BCUT2D eigenvalue weighted by atomic mass is 16.3. The molecule has 0 aromatic heterocycles. The van der Waals surface area contributed by atoms with E-state index in [2.05, 4.69) is 25.9 Å². The normalized spacial score (nSPS) is 13.4. The van der Waals surface area contributed by atoms with Crippen LogP contribution in [0.3, 0.4) is 0 Å². The van der Waals surface area contributed by atoms with Gasteiger partial charge >= 0.3 is 0 Å². The standard InChI is InChI=1S/C13H29NO/c1-4-5-6-7-8-9-10-13(15)11-12-14(2)3/h13,15H,4-12H2,1-3H3. The smallest absolute Gasteiger partial charge is 0.0552 e. The number of hydrogen-bond donors (Lipinski definition) is 1. The Bertz CT molecular complexity index is 126. The lowest BCUT2D eigenvalue weighted by molar-refractivity contribution is 0.139. The third kappa shape index (κ3) is 11.8. The summed E-state index contributed by atoms with van der Waals surface area (Å²) in [7, 11) is 4.11. The van der Waals surface area contributed by atoms with Gasteiger partial charge in [-0.1, -0.05) is 45.4 Å². The molecule has 0 amide bonds. The Morgan fingerprint density at radius 2 is 1.53 bits per heavy atom. The van der Waals surface area contributed by atoms with E-state index in [1.807, 2.05) is 0 Å². The van der Waals surface area contributed by atoms with E-state index < -0.39 is 0 Å². The fourth-order valence-corrected chi connectivity index (χ4v) is 1.71. The van der Waals surface area contributed by atoms with Crippen LogP contribution in [-0.4, -0.2) is 36.8 Å². The minimum atomic E-state index is -0.0847. The minimum Gasteiger partial charge on any atom is -0.393 e. The van der Waals surface area contributed by atoms with Crippen molar-refractivity contribution in [1.82, 2.24) is 4.90 Å². The van der Waals surface area contributed by atoms with Crippen LogP contribution in [0.5, 0.6) is 0 Å². The van der Waals surface area contributed by atoms with Gasteiger partial charge in [-0.25, -0.2) is 0 Å².